The van der Waals surface area contributed by atoms with Crippen LogP contribution in [-0.4, -0.2) is 98.3 Å². The molecule has 56 heavy (non-hydrogen) atoms. The van der Waals surface area contributed by atoms with Gasteiger partial charge in [-0.25, -0.2) is 4.57 Å². The standard InChI is InChI=1S/C42H71O13P/c1-3-5-7-9-11-13-14-15-16-17-18-19-20-21-22-23-25-26-28-30-35(43)52-32-34(54-36(44)31-29-27-24-12-10-8-6-4-2)33-53-56(50,51)55-42-40(48)38(46)37(45)39(47)41(42)49/h5,7,11,13,15-16,18-19,21-22,34,37-42,45-49H,3-4,6,8-10,12,14,17,20,23-33H2,1-2H3,(H,50,51)/b7-5+,13-11+,16-15+,19-18+,22-21+/t34-,37?,38-,39?,40?,41?,42?/m0/s1. The van der Waals surface area contributed by atoms with Crippen molar-refractivity contribution >= 4 is 19.8 Å². The lowest BCUT2D eigenvalue weighted by Gasteiger charge is -2.41. The van der Waals surface area contributed by atoms with Gasteiger partial charge in [-0.2, -0.15) is 0 Å². The lowest BCUT2D eigenvalue weighted by Crippen LogP contribution is -2.64. The van der Waals surface area contributed by atoms with Gasteiger partial charge >= 0.3 is 19.8 Å². The second-order valence-corrected chi connectivity index (χ2v) is 15.5. The largest absolute Gasteiger partial charge is 0.472 e. The quantitative estimate of drug-likeness (QED) is 0.0175. The smallest absolute Gasteiger partial charge is 0.462 e. The van der Waals surface area contributed by atoms with Crippen molar-refractivity contribution in [1.29, 1.82) is 0 Å². The van der Waals surface area contributed by atoms with Crippen LogP contribution in [0.1, 0.15) is 136 Å². The van der Waals surface area contributed by atoms with Gasteiger partial charge in [-0.3, -0.25) is 18.6 Å². The van der Waals surface area contributed by atoms with Crippen LogP contribution >= 0.6 is 7.82 Å². The first kappa shape index (κ1) is 51.6. The molecular formula is C42H71O13P. The molecule has 0 radical (unpaired) electrons. The van der Waals surface area contributed by atoms with E-state index in [0.29, 0.717) is 12.8 Å². The average Bonchev–Trinajstić information content (AvgIpc) is 3.18. The van der Waals surface area contributed by atoms with Gasteiger partial charge in [0, 0.05) is 12.8 Å². The van der Waals surface area contributed by atoms with Gasteiger partial charge in [0.05, 0.1) is 6.61 Å². The van der Waals surface area contributed by atoms with Gasteiger partial charge in [0.1, 0.15) is 43.2 Å². The van der Waals surface area contributed by atoms with Crippen molar-refractivity contribution in [2.24, 2.45) is 0 Å². The summed E-state index contributed by atoms with van der Waals surface area (Å²) >= 11 is 0. The number of ether oxygens (including phenoxy) is 2. The lowest BCUT2D eigenvalue weighted by molar-refractivity contribution is -0.220. The molecule has 6 N–H and O–H groups in total. The minimum absolute atomic E-state index is 0.0865. The van der Waals surface area contributed by atoms with E-state index in [0.717, 1.165) is 83.5 Å². The zero-order chi connectivity index (χ0) is 41.4. The molecule has 0 spiro atoms. The fourth-order valence-corrected chi connectivity index (χ4v) is 6.75. The summed E-state index contributed by atoms with van der Waals surface area (Å²) in [5, 5.41) is 49.9. The summed E-state index contributed by atoms with van der Waals surface area (Å²) in [5.41, 5.74) is 0. The maximum absolute atomic E-state index is 12.7. The molecule has 8 atom stereocenters. The molecule has 0 amide bonds. The highest BCUT2D eigenvalue weighted by Crippen LogP contribution is 2.47. The van der Waals surface area contributed by atoms with E-state index in [4.69, 9.17) is 18.5 Å². The highest BCUT2D eigenvalue weighted by Gasteiger charge is 2.51. The van der Waals surface area contributed by atoms with Crippen LogP contribution in [0.4, 0.5) is 0 Å². The van der Waals surface area contributed by atoms with Crippen molar-refractivity contribution in [2.75, 3.05) is 13.2 Å². The predicted octanol–water partition coefficient (Wildman–Crippen LogP) is 6.99. The number of allylic oxidation sites excluding steroid dienone is 10. The van der Waals surface area contributed by atoms with Gasteiger partial charge in [-0.15, -0.1) is 0 Å². The van der Waals surface area contributed by atoms with E-state index in [-0.39, 0.29) is 12.8 Å². The van der Waals surface area contributed by atoms with Crippen LogP contribution in [0.15, 0.2) is 60.8 Å². The Morgan fingerprint density at radius 1 is 0.571 bits per heavy atom. The Morgan fingerprint density at radius 3 is 1.55 bits per heavy atom. The molecule has 1 aliphatic rings. The molecule has 13 nitrogen and oxygen atoms in total. The number of aliphatic hydroxyl groups excluding tert-OH is 5. The summed E-state index contributed by atoms with van der Waals surface area (Å²) in [7, 11) is -5.12. The molecule has 0 heterocycles. The van der Waals surface area contributed by atoms with Crippen LogP contribution in [0.3, 0.4) is 0 Å². The molecule has 0 saturated heterocycles. The molecule has 322 valence electrons. The second kappa shape index (κ2) is 32.5. The van der Waals surface area contributed by atoms with Gasteiger partial charge in [-0.1, -0.05) is 126 Å². The SMILES string of the molecule is CC/C=C/C/C=C/C/C=C/C/C=C/C/C=C/CCCCCC(=O)OC[C@@H](COP(=O)(O)OC1C(O)C(O)C(O)[C@H](O)C1O)OC(=O)CCCCCCCCCC. The predicted molar refractivity (Wildman–Crippen MR) is 216 cm³/mol. The molecule has 1 rings (SSSR count). The third-order valence-corrected chi connectivity index (χ3v) is 10.1. The van der Waals surface area contributed by atoms with Gasteiger partial charge in [-0.05, 0) is 57.8 Å². The molecule has 1 aliphatic carbocycles. The normalized spacial score (nSPS) is 23.5. The van der Waals surface area contributed by atoms with Crippen LogP contribution in [0, 0.1) is 0 Å². The average molecular weight is 815 g/mol. The monoisotopic (exact) mass is 814 g/mol. The number of carbonyl (C=O) groups is 2. The molecule has 0 aliphatic heterocycles. The molecule has 0 aromatic heterocycles. The highest BCUT2D eigenvalue weighted by molar-refractivity contribution is 7.47. The molecule has 1 saturated carbocycles. The van der Waals surface area contributed by atoms with Crippen molar-refractivity contribution < 1.29 is 63.1 Å². The van der Waals surface area contributed by atoms with Crippen LogP contribution in [0.2, 0.25) is 0 Å². The van der Waals surface area contributed by atoms with E-state index >= 15 is 0 Å². The minimum atomic E-state index is -5.12. The third-order valence-electron chi connectivity index (χ3n) is 9.12. The minimum Gasteiger partial charge on any atom is -0.462 e. The van der Waals surface area contributed by atoms with Gasteiger partial charge in [0.2, 0.25) is 0 Å². The number of phosphoric ester groups is 1. The van der Waals surface area contributed by atoms with E-state index in [1.807, 2.05) is 0 Å². The molecule has 14 heteroatoms. The Labute approximate surface area is 334 Å². The van der Waals surface area contributed by atoms with Crippen LogP contribution in [0.5, 0.6) is 0 Å². The maximum atomic E-state index is 12.7. The Kier molecular flexibility index (Phi) is 29.9. The van der Waals surface area contributed by atoms with E-state index in [1.54, 1.807) is 0 Å². The van der Waals surface area contributed by atoms with Crippen molar-refractivity contribution in [3.63, 3.8) is 0 Å². The van der Waals surface area contributed by atoms with E-state index in [1.165, 1.54) is 12.8 Å². The number of esters is 2. The Morgan fingerprint density at radius 2 is 1.02 bits per heavy atom. The molecule has 0 bridgehead atoms. The number of unbranched alkanes of at least 4 members (excludes halogenated alkanes) is 10. The summed E-state index contributed by atoms with van der Waals surface area (Å²) in [6.07, 6.45) is 24.5. The molecular weight excluding hydrogens is 743 g/mol. The van der Waals surface area contributed by atoms with Gasteiger partial charge in [0.25, 0.3) is 0 Å². The molecule has 0 aromatic carbocycles. The van der Waals surface area contributed by atoms with E-state index in [2.05, 4.69) is 74.6 Å². The van der Waals surface area contributed by atoms with Gasteiger partial charge in [0.15, 0.2) is 6.10 Å². The maximum Gasteiger partial charge on any atom is 0.472 e. The number of rotatable bonds is 32. The zero-order valence-corrected chi connectivity index (χ0v) is 34.5. The number of phosphoric acid groups is 1. The van der Waals surface area contributed by atoms with Crippen LogP contribution in [-0.2, 0) is 32.7 Å². The van der Waals surface area contributed by atoms with Gasteiger partial charge < -0.3 is 39.9 Å². The second-order valence-electron chi connectivity index (χ2n) is 14.1. The number of hydrogen-bond donors (Lipinski definition) is 6. The number of hydrogen-bond acceptors (Lipinski definition) is 12. The van der Waals surface area contributed by atoms with Crippen molar-refractivity contribution in [3.8, 4) is 0 Å². The summed E-state index contributed by atoms with van der Waals surface area (Å²) in [4.78, 5) is 35.4. The molecule has 1 fully saturated rings. The van der Waals surface area contributed by atoms with Crippen LogP contribution in [0.25, 0.3) is 0 Å². The van der Waals surface area contributed by atoms with E-state index in [9.17, 15) is 44.6 Å². The lowest BCUT2D eigenvalue weighted by atomic mass is 9.85. The first-order valence-corrected chi connectivity index (χ1v) is 22.1. The zero-order valence-electron chi connectivity index (χ0n) is 33.7. The summed E-state index contributed by atoms with van der Waals surface area (Å²) < 4.78 is 33.3. The first-order valence-electron chi connectivity index (χ1n) is 20.6. The van der Waals surface area contributed by atoms with E-state index < -0.39 is 75.7 Å². The Bertz CT molecular complexity index is 1220. The van der Waals surface area contributed by atoms with Crippen molar-refractivity contribution in [2.45, 2.75) is 179 Å². The summed E-state index contributed by atoms with van der Waals surface area (Å²) in [6, 6.07) is 0. The molecule has 6 unspecified atom stereocenters. The summed E-state index contributed by atoms with van der Waals surface area (Å²) in [5.74, 6) is -1.15. The Hall–Kier alpha value is -2.45. The molecule has 0 aromatic rings. The topological polar surface area (TPSA) is 210 Å². The number of carbonyl (C=O) groups excluding carboxylic acids is 2. The third kappa shape index (κ3) is 25.0. The fourth-order valence-electron chi connectivity index (χ4n) is 5.78. The number of aliphatic hydroxyl groups is 5. The highest BCUT2D eigenvalue weighted by atomic mass is 31.2. The Balaban J connectivity index is 2.48. The fraction of sp³-hybridized carbons (Fsp3) is 0.714. The van der Waals surface area contributed by atoms with Crippen molar-refractivity contribution in [3.05, 3.63) is 60.8 Å². The first-order chi connectivity index (χ1) is 26.9. The van der Waals surface area contributed by atoms with Crippen molar-refractivity contribution in [1.82, 2.24) is 0 Å². The van der Waals surface area contributed by atoms with Crippen LogP contribution < -0.4 is 0 Å². The summed E-state index contributed by atoms with van der Waals surface area (Å²) in [6.45, 7) is 3.08.